The number of allylic oxidation sites excluding steroid dienone is 1. The van der Waals surface area contributed by atoms with Crippen LogP contribution in [0.25, 0.3) is 0 Å². The van der Waals surface area contributed by atoms with E-state index >= 15 is 0 Å². The second-order valence-corrected chi connectivity index (χ2v) is 1.96. The first-order chi connectivity index (χ1) is 6.22. The minimum Gasteiger partial charge on any atom is -0.291 e. The molecule has 0 spiro atoms. The second-order valence-electron chi connectivity index (χ2n) is 1.96. The summed E-state index contributed by atoms with van der Waals surface area (Å²) in [6.07, 6.45) is 4.27. The largest absolute Gasteiger partial charge is 0.291 e. The number of rotatable bonds is 1. The van der Waals surface area contributed by atoms with Gasteiger partial charge in [0.05, 0.1) is 6.07 Å². The van der Waals surface area contributed by atoms with E-state index in [1.807, 2.05) is 0 Å². The van der Waals surface area contributed by atoms with Crippen molar-refractivity contribution in [1.29, 1.82) is 5.26 Å². The predicted octanol–water partition coefficient (Wildman–Crippen LogP) is 1.38. The van der Waals surface area contributed by atoms with Gasteiger partial charge in [0.25, 0.3) is 0 Å². The first kappa shape index (κ1) is 11.0. The molecule has 66 valence electrons. The molecule has 4 heteroatoms. The lowest BCUT2D eigenvalue weighted by Gasteiger charge is -1.87. The Hall–Kier alpha value is -2.02. The van der Waals surface area contributed by atoms with Crippen molar-refractivity contribution in [3.63, 3.8) is 0 Å². The smallest absolute Gasteiger partial charge is 0.196 e. The topological polar surface area (TPSA) is 66.6 Å². The van der Waals surface area contributed by atoms with Gasteiger partial charge in [0, 0.05) is 25.4 Å². The van der Waals surface area contributed by atoms with Gasteiger partial charge in [-0.05, 0) is 6.07 Å². The molecule has 1 rings (SSSR count). The average molecular weight is 175 g/mol. The molecule has 0 amide bonds. The van der Waals surface area contributed by atoms with Crippen LogP contribution >= 0.6 is 0 Å². The summed E-state index contributed by atoms with van der Waals surface area (Å²) < 4.78 is 0. The molecule has 0 saturated carbocycles. The molecule has 0 saturated heterocycles. The lowest BCUT2D eigenvalue weighted by molar-refractivity contribution is 0.100. The van der Waals surface area contributed by atoms with Crippen molar-refractivity contribution in [2.45, 2.75) is 6.92 Å². The fraction of sp³-hybridized carbons (Fsp3) is 0.111. The maximum Gasteiger partial charge on any atom is 0.196 e. The van der Waals surface area contributed by atoms with Gasteiger partial charge in [0.15, 0.2) is 11.6 Å². The van der Waals surface area contributed by atoms with Crippen LogP contribution in [0.5, 0.6) is 0 Å². The van der Waals surface area contributed by atoms with Crippen molar-refractivity contribution in [3.05, 3.63) is 36.9 Å². The van der Waals surface area contributed by atoms with Crippen LogP contribution in [0.4, 0.5) is 0 Å². The molecule has 1 aromatic rings. The van der Waals surface area contributed by atoms with E-state index in [0.29, 0.717) is 0 Å². The van der Waals surface area contributed by atoms with Crippen LogP contribution in [0.1, 0.15) is 17.5 Å². The summed E-state index contributed by atoms with van der Waals surface area (Å²) in [4.78, 5) is 18.0. The third kappa shape index (κ3) is 5.27. The van der Waals surface area contributed by atoms with Gasteiger partial charge < -0.3 is 0 Å². The van der Waals surface area contributed by atoms with E-state index in [1.54, 1.807) is 24.5 Å². The number of ketones is 1. The molecule has 0 unspecified atom stereocenters. The van der Waals surface area contributed by atoms with Crippen LogP contribution in [-0.4, -0.2) is 15.8 Å². The number of carbonyl (C=O) groups excluding carboxylic acids is 1. The van der Waals surface area contributed by atoms with E-state index < -0.39 is 0 Å². The van der Waals surface area contributed by atoms with E-state index in [4.69, 9.17) is 5.26 Å². The van der Waals surface area contributed by atoms with Gasteiger partial charge in [0.2, 0.25) is 0 Å². The fourth-order valence-electron chi connectivity index (χ4n) is 0.481. The highest BCUT2D eigenvalue weighted by Crippen LogP contribution is 1.86. The number of carbonyl (C=O) groups is 1. The molecule has 0 atom stereocenters. The Kier molecular flexibility index (Phi) is 5.64. The fourth-order valence-corrected chi connectivity index (χ4v) is 0.481. The molecule has 1 heterocycles. The van der Waals surface area contributed by atoms with Crippen LogP contribution in [-0.2, 0) is 0 Å². The maximum atomic E-state index is 10.5. The summed E-state index contributed by atoms with van der Waals surface area (Å²) in [6, 6.07) is 3.37. The Morgan fingerprint density at radius 1 is 1.62 bits per heavy atom. The monoisotopic (exact) mass is 175 g/mol. The zero-order chi connectivity index (χ0) is 10.1. The molecule has 1 aromatic heterocycles. The van der Waals surface area contributed by atoms with Crippen LogP contribution < -0.4 is 0 Å². The normalized spacial score (nSPS) is 7.38. The number of hydrogen-bond donors (Lipinski definition) is 0. The summed E-state index contributed by atoms with van der Waals surface area (Å²) >= 11 is 0. The molecule has 0 bridgehead atoms. The third-order valence-electron chi connectivity index (χ3n) is 0.972. The summed E-state index contributed by atoms with van der Waals surface area (Å²) in [6.45, 7) is 4.56. The van der Waals surface area contributed by atoms with Crippen LogP contribution in [0.2, 0.25) is 0 Å². The van der Waals surface area contributed by atoms with Crippen LogP contribution in [0, 0.1) is 11.3 Å². The summed E-state index contributed by atoms with van der Waals surface area (Å²) in [5.41, 5.74) is 0. The van der Waals surface area contributed by atoms with Gasteiger partial charge in [-0.15, -0.1) is 0 Å². The first-order valence-electron chi connectivity index (χ1n) is 3.50. The van der Waals surface area contributed by atoms with Crippen molar-refractivity contribution in [3.8, 4) is 6.07 Å². The number of aromatic nitrogens is 2. The number of nitriles is 1. The Labute approximate surface area is 76.6 Å². The first-order valence-corrected chi connectivity index (χ1v) is 3.50. The van der Waals surface area contributed by atoms with E-state index in [0.717, 1.165) is 0 Å². The Balaban J connectivity index is 0.000000310. The van der Waals surface area contributed by atoms with Crippen molar-refractivity contribution in [1.82, 2.24) is 9.97 Å². The lowest BCUT2D eigenvalue weighted by atomic mass is 10.4. The van der Waals surface area contributed by atoms with E-state index in [1.165, 1.54) is 13.0 Å². The number of Topliss-reactive ketones (excluding diaryl/α,β-unsaturated/α-hetero) is 1. The van der Waals surface area contributed by atoms with Gasteiger partial charge in [-0.25, -0.2) is 9.97 Å². The molecule has 0 aliphatic heterocycles. The van der Waals surface area contributed by atoms with E-state index in [9.17, 15) is 4.79 Å². The highest BCUT2D eigenvalue weighted by molar-refractivity contribution is 5.89. The Morgan fingerprint density at radius 2 is 2.08 bits per heavy atom. The molecule has 0 N–H and O–H groups in total. The van der Waals surface area contributed by atoms with Crippen molar-refractivity contribution in [2.75, 3.05) is 0 Å². The SMILES string of the molecule is C=CC#N.CC(=O)c1ncccn1. The van der Waals surface area contributed by atoms with Gasteiger partial charge in [0.1, 0.15) is 0 Å². The second kappa shape index (κ2) is 6.68. The highest BCUT2D eigenvalue weighted by Gasteiger charge is 1.97. The quantitative estimate of drug-likeness (QED) is 0.477. The molecular weight excluding hydrogens is 166 g/mol. The van der Waals surface area contributed by atoms with Crippen molar-refractivity contribution in [2.24, 2.45) is 0 Å². The van der Waals surface area contributed by atoms with Gasteiger partial charge >= 0.3 is 0 Å². The third-order valence-corrected chi connectivity index (χ3v) is 0.972. The van der Waals surface area contributed by atoms with Crippen molar-refractivity contribution >= 4 is 5.78 Å². The minimum atomic E-state index is -0.101. The lowest BCUT2D eigenvalue weighted by Crippen LogP contribution is -1.98. The average Bonchev–Trinajstić information content (AvgIpc) is 2.19. The molecule has 13 heavy (non-hydrogen) atoms. The van der Waals surface area contributed by atoms with Crippen molar-refractivity contribution < 1.29 is 4.79 Å². The molecule has 0 aliphatic rings. The molecule has 0 fully saturated rings. The van der Waals surface area contributed by atoms with Gasteiger partial charge in [-0.2, -0.15) is 5.26 Å². The molecule has 0 aliphatic carbocycles. The maximum absolute atomic E-state index is 10.5. The summed E-state index contributed by atoms with van der Waals surface area (Å²) in [7, 11) is 0. The number of hydrogen-bond acceptors (Lipinski definition) is 4. The molecule has 0 aromatic carbocycles. The van der Waals surface area contributed by atoms with Crippen LogP contribution in [0.3, 0.4) is 0 Å². The van der Waals surface area contributed by atoms with E-state index in [-0.39, 0.29) is 11.6 Å². The summed E-state index contributed by atoms with van der Waals surface area (Å²) in [5.74, 6) is 0.174. The highest BCUT2D eigenvalue weighted by atomic mass is 16.1. The minimum absolute atomic E-state index is 0.101. The summed E-state index contributed by atoms with van der Waals surface area (Å²) in [5, 5.41) is 7.51. The van der Waals surface area contributed by atoms with E-state index in [2.05, 4.69) is 16.5 Å². The Bertz CT molecular complexity index is 313. The number of nitrogens with zero attached hydrogens (tertiary/aromatic N) is 3. The van der Waals surface area contributed by atoms with Crippen LogP contribution in [0.15, 0.2) is 31.1 Å². The van der Waals surface area contributed by atoms with Gasteiger partial charge in [-0.1, -0.05) is 6.58 Å². The molecule has 4 nitrogen and oxygen atoms in total. The predicted molar refractivity (Wildman–Crippen MR) is 47.8 cm³/mol. The van der Waals surface area contributed by atoms with Gasteiger partial charge in [-0.3, -0.25) is 4.79 Å². The molecule has 0 radical (unpaired) electrons. The zero-order valence-corrected chi connectivity index (χ0v) is 7.27. The molecular formula is C9H9N3O. The standard InChI is InChI=1S/C6H6N2O.C3H3N/c1-5(9)6-7-3-2-4-8-6;1-2-3-4/h2-4H,1H3;2H,1H2. The zero-order valence-electron chi connectivity index (χ0n) is 7.27. The Morgan fingerprint density at radius 3 is 2.31 bits per heavy atom.